The third kappa shape index (κ3) is 4.73. The smallest absolute Gasteiger partial charge is 0.269 e. The number of non-ortho nitro benzene ring substituents is 1. The number of amides is 1. The molecule has 1 aliphatic heterocycles. The molecule has 2 aromatic carbocycles. The summed E-state index contributed by atoms with van der Waals surface area (Å²) in [7, 11) is -4.02. The summed E-state index contributed by atoms with van der Waals surface area (Å²) in [6.07, 6.45) is 1.92. The van der Waals surface area contributed by atoms with Gasteiger partial charge in [-0.15, -0.1) is 0 Å². The van der Waals surface area contributed by atoms with E-state index < -0.39 is 14.9 Å². The minimum Gasteiger partial charge on any atom is -0.341 e. The van der Waals surface area contributed by atoms with Gasteiger partial charge in [0.05, 0.1) is 15.5 Å². The molecular weight excluding hydrogens is 394 g/mol. The molecular formula is C20H23N3O5S. The Morgan fingerprint density at radius 3 is 2.41 bits per heavy atom. The van der Waals surface area contributed by atoms with Crippen LogP contribution in [0.4, 0.5) is 11.4 Å². The Kier molecular flexibility index (Phi) is 6.17. The van der Waals surface area contributed by atoms with E-state index in [1.165, 1.54) is 36.4 Å². The number of rotatable bonds is 6. The van der Waals surface area contributed by atoms with Crippen LogP contribution in [-0.2, 0) is 14.8 Å². The second-order valence-electron chi connectivity index (χ2n) is 7.19. The van der Waals surface area contributed by atoms with Gasteiger partial charge in [0, 0.05) is 25.2 Å². The van der Waals surface area contributed by atoms with Gasteiger partial charge >= 0.3 is 0 Å². The standard InChI is InChI=1S/C20H23N3O5S/c1-16-6-5-13-21(14-16)20(24)15-22(17-9-11-18(12-10-17)23(25)26)29(27,28)19-7-3-2-4-8-19/h2-4,7-12,16H,5-6,13-15H2,1H3/t16-/m1/s1. The molecule has 29 heavy (non-hydrogen) atoms. The van der Waals surface area contributed by atoms with Gasteiger partial charge in [0.25, 0.3) is 15.7 Å². The van der Waals surface area contributed by atoms with Crippen molar-refractivity contribution < 1.29 is 18.1 Å². The normalized spacial score (nSPS) is 17.0. The van der Waals surface area contributed by atoms with Crippen molar-refractivity contribution >= 4 is 27.3 Å². The molecule has 0 N–H and O–H groups in total. The van der Waals surface area contributed by atoms with Crippen LogP contribution in [-0.4, -0.2) is 43.8 Å². The molecule has 0 aliphatic carbocycles. The Morgan fingerprint density at radius 2 is 1.83 bits per heavy atom. The molecule has 1 amide bonds. The number of carbonyl (C=O) groups excluding carboxylic acids is 1. The Balaban J connectivity index is 1.95. The van der Waals surface area contributed by atoms with E-state index in [1.54, 1.807) is 23.1 Å². The van der Waals surface area contributed by atoms with E-state index in [-0.39, 0.29) is 28.7 Å². The molecule has 0 aromatic heterocycles. The number of anilines is 1. The first-order chi connectivity index (χ1) is 13.8. The Labute approximate surface area is 169 Å². The van der Waals surface area contributed by atoms with E-state index in [0.717, 1.165) is 17.1 Å². The number of sulfonamides is 1. The molecule has 1 atom stereocenters. The summed E-state index contributed by atoms with van der Waals surface area (Å²) in [6.45, 7) is 2.90. The molecule has 154 valence electrons. The largest absolute Gasteiger partial charge is 0.341 e. The minimum absolute atomic E-state index is 0.0539. The molecule has 0 spiro atoms. The van der Waals surface area contributed by atoms with Crippen LogP contribution in [0.2, 0.25) is 0 Å². The number of carbonyl (C=O) groups is 1. The maximum absolute atomic E-state index is 13.3. The molecule has 3 rings (SSSR count). The van der Waals surface area contributed by atoms with E-state index in [0.29, 0.717) is 19.0 Å². The highest BCUT2D eigenvalue weighted by molar-refractivity contribution is 7.92. The molecule has 1 aliphatic rings. The fourth-order valence-corrected chi connectivity index (χ4v) is 4.85. The lowest BCUT2D eigenvalue weighted by atomic mass is 10.0. The predicted molar refractivity (Wildman–Crippen MR) is 109 cm³/mol. The van der Waals surface area contributed by atoms with Gasteiger partial charge in [0.1, 0.15) is 6.54 Å². The molecule has 9 heteroatoms. The average Bonchev–Trinajstić information content (AvgIpc) is 2.72. The highest BCUT2D eigenvalue weighted by Gasteiger charge is 2.30. The first kappa shape index (κ1) is 20.8. The zero-order chi connectivity index (χ0) is 21.0. The van der Waals surface area contributed by atoms with Gasteiger partial charge in [-0.1, -0.05) is 25.1 Å². The minimum atomic E-state index is -4.02. The summed E-state index contributed by atoms with van der Waals surface area (Å²) in [4.78, 5) is 25.0. The molecule has 1 heterocycles. The maximum atomic E-state index is 13.3. The summed E-state index contributed by atoms with van der Waals surface area (Å²) in [5.41, 5.74) is 0.0554. The lowest BCUT2D eigenvalue weighted by Crippen LogP contribution is -2.46. The first-order valence-electron chi connectivity index (χ1n) is 9.39. The number of hydrogen-bond acceptors (Lipinski definition) is 5. The second kappa shape index (κ2) is 8.60. The van der Waals surface area contributed by atoms with E-state index >= 15 is 0 Å². The van der Waals surface area contributed by atoms with Crippen LogP contribution >= 0.6 is 0 Å². The zero-order valence-corrected chi connectivity index (χ0v) is 16.9. The van der Waals surface area contributed by atoms with Crippen molar-refractivity contribution in [2.75, 3.05) is 23.9 Å². The molecule has 1 saturated heterocycles. The van der Waals surface area contributed by atoms with Crippen LogP contribution in [0, 0.1) is 16.0 Å². The van der Waals surface area contributed by atoms with Crippen LogP contribution < -0.4 is 4.31 Å². The maximum Gasteiger partial charge on any atom is 0.269 e. The van der Waals surface area contributed by atoms with Gasteiger partial charge in [-0.25, -0.2) is 8.42 Å². The number of likely N-dealkylation sites (tertiary alicyclic amines) is 1. The van der Waals surface area contributed by atoms with Crippen LogP contribution in [0.25, 0.3) is 0 Å². The highest BCUT2D eigenvalue weighted by atomic mass is 32.2. The van der Waals surface area contributed by atoms with E-state index in [1.807, 2.05) is 0 Å². The number of nitrogens with zero attached hydrogens (tertiary/aromatic N) is 3. The van der Waals surface area contributed by atoms with Crippen molar-refractivity contribution in [1.29, 1.82) is 0 Å². The molecule has 0 unspecified atom stereocenters. The molecule has 8 nitrogen and oxygen atoms in total. The van der Waals surface area contributed by atoms with Gasteiger partial charge in [0.2, 0.25) is 5.91 Å². The van der Waals surface area contributed by atoms with Gasteiger partial charge in [-0.05, 0) is 43.0 Å². The van der Waals surface area contributed by atoms with Crippen molar-refractivity contribution in [3.05, 3.63) is 64.7 Å². The van der Waals surface area contributed by atoms with E-state index in [4.69, 9.17) is 0 Å². The molecule has 0 bridgehead atoms. The number of hydrogen-bond donors (Lipinski definition) is 0. The third-order valence-electron chi connectivity index (χ3n) is 4.97. The number of benzene rings is 2. The lowest BCUT2D eigenvalue weighted by molar-refractivity contribution is -0.384. The van der Waals surface area contributed by atoms with Crippen LogP contribution in [0.15, 0.2) is 59.5 Å². The summed E-state index contributed by atoms with van der Waals surface area (Å²) < 4.78 is 27.5. The summed E-state index contributed by atoms with van der Waals surface area (Å²) >= 11 is 0. The lowest BCUT2D eigenvalue weighted by Gasteiger charge is -2.33. The highest BCUT2D eigenvalue weighted by Crippen LogP contribution is 2.26. The number of piperidine rings is 1. The molecule has 0 saturated carbocycles. The summed E-state index contributed by atoms with van der Waals surface area (Å²) in [5.74, 6) is 0.0839. The van der Waals surface area contributed by atoms with Crippen molar-refractivity contribution in [1.82, 2.24) is 4.90 Å². The summed E-state index contributed by atoms with van der Waals surface area (Å²) in [5, 5.41) is 10.9. The SMILES string of the molecule is C[C@@H]1CCCN(C(=O)CN(c2ccc([N+](=O)[O-])cc2)S(=O)(=O)c2ccccc2)C1. The van der Waals surface area contributed by atoms with Gasteiger partial charge < -0.3 is 4.90 Å². The fourth-order valence-electron chi connectivity index (χ4n) is 3.41. The van der Waals surface area contributed by atoms with Crippen LogP contribution in [0.1, 0.15) is 19.8 Å². The topological polar surface area (TPSA) is 101 Å². The second-order valence-corrected chi connectivity index (χ2v) is 9.05. The Bertz CT molecular complexity index is 977. The van der Waals surface area contributed by atoms with Crippen molar-refractivity contribution in [2.24, 2.45) is 5.92 Å². The first-order valence-corrected chi connectivity index (χ1v) is 10.8. The Morgan fingerprint density at radius 1 is 1.17 bits per heavy atom. The van der Waals surface area contributed by atoms with Gasteiger partial charge in [-0.3, -0.25) is 19.2 Å². The van der Waals surface area contributed by atoms with Gasteiger partial charge in [0.15, 0.2) is 0 Å². The molecule has 0 radical (unpaired) electrons. The van der Waals surface area contributed by atoms with Crippen molar-refractivity contribution in [2.45, 2.75) is 24.7 Å². The monoisotopic (exact) mass is 417 g/mol. The number of nitro benzene ring substituents is 1. The molecule has 1 fully saturated rings. The average molecular weight is 417 g/mol. The predicted octanol–water partition coefficient (Wildman–Crippen LogP) is 3.05. The van der Waals surface area contributed by atoms with Crippen LogP contribution in [0.5, 0.6) is 0 Å². The van der Waals surface area contributed by atoms with Crippen molar-refractivity contribution in [3.8, 4) is 0 Å². The Hall–Kier alpha value is -2.94. The fraction of sp³-hybridized carbons (Fsp3) is 0.350. The third-order valence-corrected chi connectivity index (χ3v) is 6.76. The van der Waals surface area contributed by atoms with Gasteiger partial charge in [-0.2, -0.15) is 0 Å². The zero-order valence-electron chi connectivity index (χ0n) is 16.1. The molecule has 2 aromatic rings. The van der Waals surface area contributed by atoms with Crippen molar-refractivity contribution in [3.63, 3.8) is 0 Å². The van der Waals surface area contributed by atoms with Crippen LogP contribution in [0.3, 0.4) is 0 Å². The summed E-state index contributed by atoms with van der Waals surface area (Å²) in [6, 6.07) is 13.0. The number of nitro groups is 1. The van der Waals surface area contributed by atoms with E-state index in [2.05, 4.69) is 6.92 Å². The quantitative estimate of drug-likeness (QED) is 0.531. The van der Waals surface area contributed by atoms with E-state index in [9.17, 15) is 23.3 Å².